The Balaban J connectivity index is 1.58. The van der Waals surface area contributed by atoms with Crippen molar-refractivity contribution in [1.29, 1.82) is 0 Å². The van der Waals surface area contributed by atoms with E-state index in [2.05, 4.69) is 39.5 Å². The van der Waals surface area contributed by atoms with Crippen molar-refractivity contribution in [2.45, 2.75) is 23.6 Å². The van der Waals surface area contributed by atoms with E-state index in [9.17, 15) is 4.79 Å². The maximum absolute atomic E-state index is 11.7. The highest BCUT2D eigenvalue weighted by atomic mass is 32.2. The summed E-state index contributed by atoms with van der Waals surface area (Å²) in [6, 6.07) is 10.4. The second kappa shape index (κ2) is 8.15. The molecule has 1 aromatic heterocycles. The second-order valence-electron chi connectivity index (χ2n) is 5.87. The number of amides is 1. The van der Waals surface area contributed by atoms with Crippen molar-refractivity contribution >= 4 is 23.5 Å². The Bertz CT molecular complexity index is 672. The maximum Gasteiger partial charge on any atom is 0.222 e. The molecule has 2 heterocycles. The molecule has 1 aliphatic heterocycles. The highest BCUT2D eigenvalue weighted by molar-refractivity contribution is 7.98. The van der Waals surface area contributed by atoms with Gasteiger partial charge in [-0.05, 0) is 18.4 Å². The van der Waals surface area contributed by atoms with Gasteiger partial charge < -0.3 is 10.2 Å². The van der Waals surface area contributed by atoms with Crippen molar-refractivity contribution in [3.8, 4) is 0 Å². The number of nitrogens with one attached hydrogen (secondary N) is 1. The van der Waals surface area contributed by atoms with E-state index in [0.29, 0.717) is 0 Å². The molecule has 1 amide bonds. The van der Waals surface area contributed by atoms with Crippen LogP contribution in [0.5, 0.6) is 0 Å². The number of hydrogen-bond acceptors (Lipinski definition) is 5. The van der Waals surface area contributed by atoms with Crippen LogP contribution in [0.4, 0.5) is 5.82 Å². The molecule has 0 atom stereocenters. The fourth-order valence-electron chi connectivity index (χ4n) is 2.87. The van der Waals surface area contributed by atoms with Crippen molar-refractivity contribution in [3.63, 3.8) is 0 Å². The Morgan fingerprint density at radius 3 is 2.71 bits per heavy atom. The number of anilines is 1. The number of aromatic nitrogens is 2. The molecule has 1 saturated heterocycles. The minimum absolute atomic E-state index is 0.120. The summed E-state index contributed by atoms with van der Waals surface area (Å²) in [5.74, 6) is 2.06. The molecule has 0 aliphatic carbocycles. The lowest BCUT2D eigenvalue weighted by Crippen LogP contribution is -2.40. The topological polar surface area (TPSA) is 58.1 Å². The van der Waals surface area contributed by atoms with E-state index in [1.54, 1.807) is 18.8 Å². The van der Waals surface area contributed by atoms with Gasteiger partial charge in [0.15, 0.2) is 0 Å². The Labute approximate surface area is 146 Å². The number of rotatable bonds is 5. The molecule has 0 radical (unpaired) electrons. The number of carbonyl (C=O) groups is 1. The van der Waals surface area contributed by atoms with Crippen LogP contribution in [-0.2, 0) is 10.5 Å². The van der Waals surface area contributed by atoms with Crippen LogP contribution in [-0.4, -0.2) is 36.0 Å². The Hall–Kier alpha value is -2.08. The molecule has 1 aliphatic rings. The molecule has 1 aromatic carbocycles. The largest absolute Gasteiger partial charge is 0.359 e. The van der Waals surface area contributed by atoms with Crippen LogP contribution >= 0.6 is 11.8 Å². The van der Waals surface area contributed by atoms with Gasteiger partial charge in [0.2, 0.25) is 5.91 Å². The van der Waals surface area contributed by atoms with Gasteiger partial charge in [0.05, 0.1) is 12.4 Å². The van der Waals surface area contributed by atoms with Gasteiger partial charge in [0.25, 0.3) is 0 Å². The zero-order valence-electron chi connectivity index (χ0n) is 13.8. The standard InChI is InChI=1S/C18H22N4OS/c1-19-18(23)15-7-9-22(10-8-15)16-11-20-12-17(21-16)24-13-14-5-3-2-4-6-14/h2-6,11-12,15H,7-10,13H2,1H3,(H,19,23). The van der Waals surface area contributed by atoms with Crippen molar-refractivity contribution in [2.24, 2.45) is 5.92 Å². The molecule has 0 spiro atoms. The fraction of sp³-hybridized carbons (Fsp3) is 0.389. The van der Waals surface area contributed by atoms with Crippen LogP contribution in [0.15, 0.2) is 47.8 Å². The lowest BCUT2D eigenvalue weighted by atomic mass is 9.96. The van der Waals surface area contributed by atoms with Gasteiger partial charge in [-0.25, -0.2) is 4.98 Å². The van der Waals surface area contributed by atoms with Gasteiger partial charge in [-0.1, -0.05) is 30.3 Å². The number of carbonyl (C=O) groups excluding carboxylic acids is 1. The first-order valence-corrected chi connectivity index (χ1v) is 9.20. The van der Waals surface area contributed by atoms with E-state index in [1.165, 1.54) is 5.56 Å². The molecule has 0 unspecified atom stereocenters. The van der Waals surface area contributed by atoms with E-state index in [0.717, 1.165) is 42.5 Å². The van der Waals surface area contributed by atoms with Gasteiger partial charge in [-0.15, -0.1) is 11.8 Å². The summed E-state index contributed by atoms with van der Waals surface area (Å²) in [6.07, 6.45) is 5.35. The van der Waals surface area contributed by atoms with Gasteiger partial charge in [-0.2, -0.15) is 0 Å². The van der Waals surface area contributed by atoms with Crippen LogP contribution in [0.25, 0.3) is 0 Å². The Morgan fingerprint density at radius 1 is 1.25 bits per heavy atom. The van der Waals surface area contributed by atoms with E-state index >= 15 is 0 Å². The molecule has 6 heteroatoms. The van der Waals surface area contributed by atoms with Crippen LogP contribution in [0.1, 0.15) is 18.4 Å². The number of thioether (sulfide) groups is 1. The summed E-state index contributed by atoms with van der Waals surface area (Å²) in [4.78, 5) is 23.0. The highest BCUT2D eigenvalue weighted by Crippen LogP contribution is 2.25. The van der Waals surface area contributed by atoms with Gasteiger partial charge in [-0.3, -0.25) is 9.78 Å². The smallest absolute Gasteiger partial charge is 0.222 e. The van der Waals surface area contributed by atoms with Crippen molar-refractivity contribution in [2.75, 3.05) is 25.0 Å². The van der Waals surface area contributed by atoms with Gasteiger partial charge in [0.1, 0.15) is 10.8 Å². The molecule has 5 nitrogen and oxygen atoms in total. The predicted molar refractivity (Wildman–Crippen MR) is 97.0 cm³/mol. The molecular weight excluding hydrogens is 320 g/mol. The molecular formula is C18H22N4OS. The Morgan fingerprint density at radius 2 is 2.00 bits per heavy atom. The summed E-state index contributed by atoms with van der Waals surface area (Å²) in [7, 11) is 1.70. The molecule has 126 valence electrons. The van der Waals surface area contributed by atoms with Crippen molar-refractivity contribution < 1.29 is 4.79 Å². The van der Waals surface area contributed by atoms with E-state index in [4.69, 9.17) is 4.98 Å². The van der Waals surface area contributed by atoms with Crippen molar-refractivity contribution in [1.82, 2.24) is 15.3 Å². The molecule has 1 N–H and O–H groups in total. The summed E-state index contributed by atoms with van der Waals surface area (Å²) < 4.78 is 0. The minimum Gasteiger partial charge on any atom is -0.359 e. The molecule has 2 aromatic rings. The van der Waals surface area contributed by atoms with Crippen LogP contribution in [0.2, 0.25) is 0 Å². The third kappa shape index (κ3) is 4.26. The first-order chi connectivity index (χ1) is 11.8. The first-order valence-electron chi connectivity index (χ1n) is 8.21. The summed E-state index contributed by atoms with van der Waals surface area (Å²) >= 11 is 1.70. The normalized spacial score (nSPS) is 15.3. The summed E-state index contributed by atoms with van der Waals surface area (Å²) in [5, 5.41) is 3.68. The number of benzene rings is 1. The quantitative estimate of drug-likeness (QED) is 0.847. The molecule has 24 heavy (non-hydrogen) atoms. The van der Waals surface area contributed by atoms with E-state index in [1.807, 2.05) is 18.5 Å². The highest BCUT2D eigenvalue weighted by Gasteiger charge is 2.25. The zero-order chi connectivity index (χ0) is 16.8. The lowest BCUT2D eigenvalue weighted by molar-refractivity contribution is -0.125. The maximum atomic E-state index is 11.7. The fourth-order valence-corrected chi connectivity index (χ4v) is 3.67. The van der Waals surface area contributed by atoms with Crippen LogP contribution in [0.3, 0.4) is 0 Å². The van der Waals surface area contributed by atoms with Crippen LogP contribution < -0.4 is 10.2 Å². The monoisotopic (exact) mass is 342 g/mol. The number of hydrogen-bond donors (Lipinski definition) is 1. The zero-order valence-corrected chi connectivity index (χ0v) is 14.6. The average Bonchev–Trinajstić information content (AvgIpc) is 2.67. The summed E-state index contributed by atoms with van der Waals surface area (Å²) in [6.45, 7) is 1.69. The molecule has 3 rings (SSSR count). The lowest BCUT2D eigenvalue weighted by Gasteiger charge is -2.31. The predicted octanol–water partition coefficient (Wildman–Crippen LogP) is 2.73. The second-order valence-corrected chi connectivity index (χ2v) is 6.86. The molecule has 1 fully saturated rings. The molecule has 0 bridgehead atoms. The molecule has 0 saturated carbocycles. The summed E-state index contributed by atoms with van der Waals surface area (Å²) in [5.41, 5.74) is 1.28. The average molecular weight is 342 g/mol. The van der Waals surface area contributed by atoms with Gasteiger partial charge in [0, 0.05) is 31.8 Å². The van der Waals surface area contributed by atoms with Crippen molar-refractivity contribution in [3.05, 3.63) is 48.3 Å². The third-order valence-corrected chi connectivity index (χ3v) is 5.24. The van der Waals surface area contributed by atoms with Gasteiger partial charge >= 0.3 is 0 Å². The van der Waals surface area contributed by atoms with Crippen LogP contribution in [0, 0.1) is 5.92 Å². The SMILES string of the molecule is CNC(=O)C1CCN(c2cncc(SCc3ccccc3)n2)CC1. The number of nitrogens with zero attached hydrogens (tertiary/aromatic N) is 3. The van der Waals surface area contributed by atoms with E-state index < -0.39 is 0 Å². The minimum atomic E-state index is 0.120. The van der Waals surface area contributed by atoms with E-state index in [-0.39, 0.29) is 11.8 Å². The Kier molecular flexibility index (Phi) is 5.69. The first kappa shape index (κ1) is 16.8. The number of piperidine rings is 1. The third-order valence-electron chi connectivity index (χ3n) is 4.27.